The van der Waals surface area contributed by atoms with Crippen molar-refractivity contribution >= 4 is 40.6 Å². The van der Waals surface area contributed by atoms with Gasteiger partial charge in [-0.25, -0.2) is 0 Å². The number of hydrogen-bond acceptors (Lipinski definition) is 8. The Hall–Kier alpha value is -0.730. The molecule has 5 atom stereocenters. The molecule has 0 spiro atoms. The molecule has 132 valence electrons. The normalized spacial score (nSPS) is 30.6. The van der Waals surface area contributed by atoms with Crippen molar-refractivity contribution in [3.63, 3.8) is 0 Å². The van der Waals surface area contributed by atoms with Crippen LogP contribution in [0.5, 0.6) is 0 Å². The Morgan fingerprint density at radius 1 is 1.13 bits per heavy atom. The Kier molecular flexibility index (Phi) is 8.42. The van der Waals surface area contributed by atoms with E-state index in [4.69, 9.17) is 14.2 Å². The molecular formula is C15H24O6S2. The quantitative estimate of drug-likeness (QED) is 0.664. The molecular weight excluding hydrogens is 340 g/mol. The minimum atomic E-state index is -0.635. The van der Waals surface area contributed by atoms with Crippen LogP contribution in [0.15, 0.2) is 0 Å². The van der Waals surface area contributed by atoms with Crippen molar-refractivity contribution in [3.8, 4) is 0 Å². The Morgan fingerprint density at radius 2 is 1.78 bits per heavy atom. The fraction of sp³-hybridized carbons (Fsp3) is 0.800. The second-order valence-corrected chi connectivity index (χ2v) is 8.04. The van der Waals surface area contributed by atoms with E-state index in [9.17, 15) is 14.4 Å². The standard InChI is InChI=1S/C15H24O6S2/c1-6-22-15-8(2)14(23-11(5)18)13(20-10(4)17)12(21-15)7-19-9(3)16/h8,12-15H,6-7H2,1-5H3/t8?,12?,13-,14-,15+/m1/s1. The number of hydrogen-bond donors (Lipinski definition) is 0. The SMILES string of the molecule is CCS[C@@H]1OC(COC(C)=O)[C@@H](OC(C)=O)[C@H](SC(C)=O)C1C. The van der Waals surface area contributed by atoms with Crippen LogP contribution >= 0.6 is 23.5 Å². The van der Waals surface area contributed by atoms with Crippen molar-refractivity contribution in [1.29, 1.82) is 0 Å². The molecule has 8 heteroatoms. The van der Waals surface area contributed by atoms with Gasteiger partial charge in [0.05, 0.1) is 5.25 Å². The van der Waals surface area contributed by atoms with Crippen LogP contribution in [-0.2, 0) is 28.6 Å². The monoisotopic (exact) mass is 364 g/mol. The maximum absolute atomic E-state index is 11.6. The van der Waals surface area contributed by atoms with Gasteiger partial charge in [0.15, 0.2) is 5.12 Å². The van der Waals surface area contributed by atoms with E-state index in [1.807, 2.05) is 13.8 Å². The summed E-state index contributed by atoms with van der Waals surface area (Å²) < 4.78 is 16.5. The minimum Gasteiger partial charge on any atom is -0.463 e. The van der Waals surface area contributed by atoms with E-state index in [0.717, 1.165) is 17.5 Å². The smallest absolute Gasteiger partial charge is 0.303 e. The number of ether oxygens (including phenoxy) is 3. The Labute approximate surface area is 145 Å². The summed E-state index contributed by atoms with van der Waals surface area (Å²) in [7, 11) is 0. The van der Waals surface area contributed by atoms with Crippen LogP contribution in [-0.4, -0.2) is 52.3 Å². The molecule has 23 heavy (non-hydrogen) atoms. The van der Waals surface area contributed by atoms with E-state index in [0.29, 0.717) is 0 Å². The third-order valence-electron chi connectivity index (χ3n) is 3.33. The summed E-state index contributed by atoms with van der Waals surface area (Å²) in [6.07, 6.45) is -1.22. The van der Waals surface area contributed by atoms with Crippen molar-refractivity contribution in [2.24, 2.45) is 5.92 Å². The number of carbonyl (C=O) groups excluding carboxylic acids is 3. The van der Waals surface area contributed by atoms with Gasteiger partial charge in [0.2, 0.25) is 0 Å². The lowest BCUT2D eigenvalue weighted by molar-refractivity contribution is -0.177. The molecule has 0 aromatic heterocycles. The lowest BCUT2D eigenvalue weighted by atomic mass is 9.96. The molecule has 0 N–H and O–H groups in total. The van der Waals surface area contributed by atoms with Gasteiger partial charge >= 0.3 is 11.9 Å². The van der Waals surface area contributed by atoms with Crippen LogP contribution in [0, 0.1) is 5.92 Å². The minimum absolute atomic E-state index is 0.00423. The lowest BCUT2D eigenvalue weighted by Crippen LogP contribution is -2.55. The van der Waals surface area contributed by atoms with Crippen molar-refractivity contribution < 1.29 is 28.6 Å². The van der Waals surface area contributed by atoms with Gasteiger partial charge in [-0.05, 0) is 5.75 Å². The van der Waals surface area contributed by atoms with Gasteiger partial charge in [0, 0.05) is 26.7 Å². The van der Waals surface area contributed by atoms with Gasteiger partial charge < -0.3 is 14.2 Å². The summed E-state index contributed by atoms with van der Waals surface area (Å²) in [5, 5.41) is -0.290. The van der Waals surface area contributed by atoms with Gasteiger partial charge in [0.1, 0.15) is 24.3 Å². The fourth-order valence-corrected chi connectivity index (χ4v) is 4.66. The molecule has 1 heterocycles. The molecule has 0 aromatic carbocycles. The molecule has 0 aliphatic carbocycles. The van der Waals surface area contributed by atoms with Crippen LogP contribution in [0.3, 0.4) is 0 Å². The number of carbonyl (C=O) groups is 3. The van der Waals surface area contributed by atoms with E-state index in [1.165, 1.54) is 20.8 Å². The van der Waals surface area contributed by atoms with E-state index in [1.54, 1.807) is 11.8 Å². The average molecular weight is 364 g/mol. The van der Waals surface area contributed by atoms with Crippen LogP contribution in [0.25, 0.3) is 0 Å². The molecule has 1 fully saturated rings. The molecule has 0 aromatic rings. The molecule has 0 radical (unpaired) electrons. The summed E-state index contributed by atoms with van der Waals surface area (Å²) in [6.45, 7) is 8.11. The third-order valence-corrected chi connectivity index (χ3v) is 5.84. The van der Waals surface area contributed by atoms with Gasteiger partial charge in [-0.2, -0.15) is 0 Å². The maximum Gasteiger partial charge on any atom is 0.303 e. The van der Waals surface area contributed by atoms with Gasteiger partial charge in [0.25, 0.3) is 0 Å². The first-order valence-electron chi connectivity index (χ1n) is 7.51. The van der Waals surface area contributed by atoms with Crippen molar-refractivity contribution in [2.75, 3.05) is 12.4 Å². The van der Waals surface area contributed by atoms with Crippen LogP contribution in [0.1, 0.15) is 34.6 Å². The highest BCUT2D eigenvalue weighted by Crippen LogP contribution is 2.40. The van der Waals surface area contributed by atoms with Crippen molar-refractivity contribution in [1.82, 2.24) is 0 Å². The number of esters is 2. The molecule has 1 aliphatic heterocycles. The molecule has 1 saturated heterocycles. The zero-order valence-electron chi connectivity index (χ0n) is 14.1. The highest BCUT2D eigenvalue weighted by atomic mass is 32.2. The zero-order valence-corrected chi connectivity index (χ0v) is 15.7. The first-order valence-corrected chi connectivity index (χ1v) is 9.44. The summed E-state index contributed by atoms with van der Waals surface area (Å²) >= 11 is 2.77. The molecule has 0 saturated carbocycles. The van der Waals surface area contributed by atoms with Gasteiger partial charge in [-0.3, -0.25) is 14.4 Å². The highest BCUT2D eigenvalue weighted by Gasteiger charge is 2.47. The average Bonchev–Trinajstić information content (AvgIpc) is 2.43. The van der Waals surface area contributed by atoms with E-state index < -0.39 is 24.1 Å². The van der Waals surface area contributed by atoms with Crippen LogP contribution in [0.2, 0.25) is 0 Å². The summed E-state index contributed by atoms with van der Waals surface area (Å²) in [4.78, 5) is 34.2. The van der Waals surface area contributed by atoms with E-state index in [-0.39, 0.29) is 28.3 Å². The van der Waals surface area contributed by atoms with Gasteiger partial charge in [-0.1, -0.05) is 25.6 Å². The Morgan fingerprint density at radius 3 is 2.26 bits per heavy atom. The lowest BCUT2D eigenvalue weighted by Gasteiger charge is -2.44. The Bertz CT molecular complexity index is 442. The van der Waals surface area contributed by atoms with Gasteiger partial charge in [-0.15, -0.1) is 11.8 Å². The summed E-state index contributed by atoms with van der Waals surface area (Å²) in [6, 6.07) is 0. The van der Waals surface area contributed by atoms with Crippen LogP contribution in [0.4, 0.5) is 0 Å². The number of thioether (sulfide) groups is 2. The second kappa shape index (κ2) is 9.54. The number of rotatable bonds is 6. The molecule has 0 amide bonds. The maximum atomic E-state index is 11.6. The zero-order chi connectivity index (χ0) is 17.6. The highest BCUT2D eigenvalue weighted by molar-refractivity contribution is 8.14. The first kappa shape index (κ1) is 20.3. The van der Waals surface area contributed by atoms with Crippen molar-refractivity contribution in [3.05, 3.63) is 0 Å². The molecule has 2 unspecified atom stereocenters. The molecule has 1 aliphatic rings. The summed E-state index contributed by atoms with van der Waals surface area (Å²) in [5.41, 5.74) is -0.149. The van der Waals surface area contributed by atoms with E-state index >= 15 is 0 Å². The second-order valence-electron chi connectivity index (χ2n) is 5.31. The van der Waals surface area contributed by atoms with E-state index in [2.05, 4.69) is 0 Å². The predicted octanol–water partition coefficient (Wildman–Crippen LogP) is 2.24. The molecule has 1 rings (SSSR count). The Balaban J connectivity index is 3.02. The largest absolute Gasteiger partial charge is 0.463 e. The topological polar surface area (TPSA) is 78.9 Å². The fourth-order valence-electron chi connectivity index (χ4n) is 2.43. The molecule has 0 bridgehead atoms. The van der Waals surface area contributed by atoms with Crippen LogP contribution < -0.4 is 0 Å². The van der Waals surface area contributed by atoms with Crippen molar-refractivity contribution in [2.45, 2.75) is 57.5 Å². The third kappa shape index (κ3) is 6.35. The predicted molar refractivity (Wildman–Crippen MR) is 90.2 cm³/mol. The first-order chi connectivity index (χ1) is 10.8. The molecule has 6 nitrogen and oxygen atoms in total. The summed E-state index contributed by atoms with van der Waals surface area (Å²) in [5.74, 6) is -0.0178.